The van der Waals surface area contributed by atoms with Crippen molar-refractivity contribution in [2.24, 2.45) is 0 Å². The minimum atomic E-state index is 1.09. The largest absolute Gasteiger partial charge is 0.310 e. The molecule has 2 nitrogen and oxygen atoms in total. The molecule has 10 aromatic carbocycles. The van der Waals surface area contributed by atoms with Crippen molar-refractivity contribution in [3.8, 4) is 39.1 Å². The third-order valence-corrected chi connectivity index (χ3v) is 11.6. The van der Waals surface area contributed by atoms with Crippen molar-refractivity contribution in [3.05, 3.63) is 231 Å². The van der Waals surface area contributed by atoms with Crippen molar-refractivity contribution in [1.82, 2.24) is 4.57 Å². The summed E-state index contributed by atoms with van der Waals surface area (Å²) in [6.07, 6.45) is 0. The Morgan fingerprint density at radius 1 is 0.293 bits per heavy atom. The van der Waals surface area contributed by atoms with E-state index in [1.165, 1.54) is 71.2 Å². The molecular formula is C56H38N2. The number of anilines is 3. The third-order valence-electron chi connectivity index (χ3n) is 11.6. The van der Waals surface area contributed by atoms with Crippen molar-refractivity contribution in [2.75, 3.05) is 4.90 Å². The van der Waals surface area contributed by atoms with E-state index in [0.29, 0.717) is 0 Å². The third kappa shape index (κ3) is 5.74. The van der Waals surface area contributed by atoms with E-state index in [1.54, 1.807) is 0 Å². The normalized spacial score (nSPS) is 11.4. The SMILES string of the molecule is c1ccc(-c2ccc(N(c3ccc(-c4cccc5ccccc45)cc3)c3cccc(-c4c(-n5c6ccccc6c6ccccc65)ccc5ccccc45)c3)cc2)cc1. The van der Waals surface area contributed by atoms with Crippen LogP contribution in [0.5, 0.6) is 0 Å². The molecule has 11 rings (SSSR count). The lowest BCUT2D eigenvalue weighted by Crippen LogP contribution is -2.10. The van der Waals surface area contributed by atoms with Crippen LogP contribution >= 0.6 is 0 Å². The fraction of sp³-hybridized carbons (Fsp3) is 0. The van der Waals surface area contributed by atoms with Crippen LogP contribution in [0.3, 0.4) is 0 Å². The summed E-state index contributed by atoms with van der Waals surface area (Å²) in [5.74, 6) is 0. The molecule has 0 unspecified atom stereocenters. The van der Waals surface area contributed by atoms with Crippen LogP contribution in [0.1, 0.15) is 0 Å². The van der Waals surface area contributed by atoms with Crippen LogP contribution in [-0.4, -0.2) is 4.57 Å². The second kappa shape index (κ2) is 14.1. The van der Waals surface area contributed by atoms with Crippen molar-refractivity contribution in [3.63, 3.8) is 0 Å². The van der Waals surface area contributed by atoms with Gasteiger partial charge in [0.05, 0.1) is 16.7 Å². The van der Waals surface area contributed by atoms with Crippen molar-refractivity contribution in [2.45, 2.75) is 0 Å². The summed E-state index contributed by atoms with van der Waals surface area (Å²) in [7, 11) is 0. The predicted molar refractivity (Wildman–Crippen MR) is 247 cm³/mol. The van der Waals surface area contributed by atoms with Gasteiger partial charge in [-0.1, -0.05) is 176 Å². The number of benzene rings is 10. The zero-order valence-corrected chi connectivity index (χ0v) is 31.8. The molecule has 0 spiro atoms. The van der Waals surface area contributed by atoms with E-state index in [2.05, 4.69) is 240 Å². The average molecular weight is 739 g/mol. The molecule has 0 N–H and O–H groups in total. The summed E-state index contributed by atoms with van der Waals surface area (Å²) in [6.45, 7) is 0. The van der Waals surface area contributed by atoms with E-state index in [1.807, 2.05) is 0 Å². The number of nitrogens with zero attached hydrogens (tertiary/aromatic N) is 2. The summed E-state index contributed by atoms with van der Waals surface area (Å²) >= 11 is 0. The Labute approximate surface area is 338 Å². The number of hydrogen-bond donors (Lipinski definition) is 0. The number of fused-ring (bicyclic) bond motifs is 5. The highest BCUT2D eigenvalue weighted by atomic mass is 15.1. The van der Waals surface area contributed by atoms with E-state index in [-0.39, 0.29) is 0 Å². The van der Waals surface area contributed by atoms with Gasteiger partial charge in [-0.2, -0.15) is 0 Å². The topological polar surface area (TPSA) is 8.17 Å². The lowest BCUT2D eigenvalue weighted by molar-refractivity contribution is 1.19. The van der Waals surface area contributed by atoms with Gasteiger partial charge in [0, 0.05) is 33.4 Å². The van der Waals surface area contributed by atoms with Gasteiger partial charge in [-0.15, -0.1) is 0 Å². The molecule has 11 aromatic rings. The van der Waals surface area contributed by atoms with Crippen LogP contribution in [0.2, 0.25) is 0 Å². The van der Waals surface area contributed by atoms with E-state index < -0.39 is 0 Å². The van der Waals surface area contributed by atoms with Crippen molar-refractivity contribution < 1.29 is 0 Å². The Hall–Kier alpha value is -7.68. The molecule has 0 bridgehead atoms. The summed E-state index contributed by atoms with van der Waals surface area (Å²) in [5, 5.41) is 7.44. The molecular weight excluding hydrogens is 701 g/mol. The summed E-state index contributed by atoms with van der Waals surface area (Å²) in [6, 6.07) is 83.7. The van der Waals surface area contributed by atoms with Gasteiger partial charge in [0.25, 0.3) is 0 Å². The van der Waals surface area contributed by atoms with Crippen LogP contribution in [0.25, 0.3) is 82.4 Å². The lowest BCUT2D eigenvalue weighted by Gasteiger charge is -2.27. The minimum Gasteiger partial charge on any atom is -0.310 e. The van der Waals surface area contributed by atoms with E-state index in [9.17, 15) is 0 Å². The van der Waals surface area contributed by atoms with Crippen LogP contribution in [0.15, 0.2) is 231 Å². The molecule has 0 aliphatic rings. The summed E-state index contributed by atoms with van der Waals surface area (Å²) in [4.78, 5) is 2.39. The fourth-order valence-corrected chi connectivity index (χ4v) is 8.88. The molecule has 0 radical (unpaired) electrons. The van der Waals surface area contributed by atoms with Gasteiger partial charge in [0.2, 0.25) is 0 Å². The Kier molecular flexibility index (Phi) is 8.19. The van der Waals surface area contributed by atoms with E-state index in [0.717, 1.165) is 28.3 Å². The van der Waals surface area contributed by atoms with Gasteiger partial charge in [-0.25, -0.2) is 0 Å². The number of aromatic nitrogens is 1. The minimum absolute atomic E-state index is 1.09. The lowest BCUT2D eigenvalue weighted by atomic mass is 9.95. The monoisotopic (exact) mass is 738 g/mol. The van der Waals surface area contributed by atoms with Crippen LogP contribution in [0, 0.1) is 0 Å². The molecule has 1 aromatic heterocycles. The maximum absolute atomic E-state index is 2.45. The Morgan fingerprint density at radius 3 is 1.48 bits per heavy atom. The van der Waals surface area contributed by atoms with E-state index in [4.69, 9.17) is 0 Å². The standard InChI is InChI=1S/C56H38N2/c1-2-14-39(15-3-1)40-28-33-45(34-29-40)57(46-35-30-43(31-36-46)49-25-13-18-41-16-4-6-21-48(41)49)47-20-12-19-44(38-47)56-50-22-7-5-17-42(50)32-37-55(56)58-53-26-10-8-23-51(53)52-24-9-11-27-54(52)58/h1-38H. The van der Waals surface area contributed by atoms with Gasteiger partial charge in [0.15, 0.2) is 0 Å². The smallest absolute Gasteiger partial charge is 0.0547 e. The first-order chi connectivity index (χ1) is 28.8. The van der Waals surface area contributed by atoms with Gasteiger partial charge in [-0.05, 0) is 104 Å². The second-order valence-corrected chi connectivity index (χ2v) is 14.9. The van der Waals surface area contributed by atoms with E-state index >= 15 is 0 Å². The average Bonchev–Trinajstić information content (AvgIpc) is 3.64. The number of rotatable bonds is 7. The predicted octanol–water partition coefficient (Wildman–Crippen LogP) is 15.6. The van der Waals surface area contributed by atoms with Gasteiger partial charge in [-0.3, -0.25) is 0 Å². The maximum atomic E-state index is 2.45. The van der Waals surface area contributed by atoms with Crippen molar-refractivity contribution >= 4 is 60.4 Å². The highest BCUT2D eigenvalue weighted by Crippen LogP contribution is 2.43. The Bertz CT molecular complexity index is 3210. The van der Waals surface area contributed by atoms with Crippen LogP contribution in [-0.2, 0) is 0 Å². The first-order valence-corrected chi connectivity index (χ1v) is 19.9. The molecule has 0 saturated heterocycles. The molecule has 0 amide bonds. The molecule has 58 heavy (non-hydrogen) atoms. The molecule has 272 valence electrons. The molecule has 0 aliphatic carbocycles. The second-order valence-electron chi connectivity index (χ2n) is 14.9. The summed E-state index contributed by atoms with van der Waals surface area (Å²) < 4.78 is 2.45. The fourth-order valence-electron chi connectivity index (χ4n) is 8.88. The van der Waals surface area contributed by atoms with Gasteiger partial charge in [0.1, 0.15) is 0 Å². The molecule has 1 heterocycles. The maximum Gasteiger partial charge on any atom is 0.0547 e. The molecule has 0 fully saturated rings. The molecule has 0 atom stereocenters. The number of hydrogen-bond acceptors (Lipinski definition) is 1. The quantitative estimate of drug-likeness (QED) is 0.158. The molecule has 0 aliphatic heterocycles. The number of para-hydroxylation sites is 2. The van der Waals surface area contributed by atoms with Gasteiger partial charge >= 0.3 is 0 Å². The first-order valence-electron chi connectivity index (χ1n) is 19.9. The molecule has 2 heteroatoms. The van der Waals surface area contributed by atoms with Crippen molar-refractivity contribution in [1.29, 1.82) is 0 Å². The highest BCUT2D eigenvalue weighted by Gasteiger charge is 2.20. The zero-order chi connectivity index (χ0) is 38.4. The van der Waals surface area contributed by atoms with Gasteiger partial charge < -0.3 is 9.47 Å². The zero-order valence-electron chi connectivity index (χ0n) is 31.8. The molecule has 0 saturated carbocycles. The van der Waals surface area contributed by atoms with Crippen LogP contribution < -0.4 is 4.90 Å². The summed E-state index contributed by atoms with van der Waals surface area (Å²) in [5.41, 5.74) is 14.0. The Balaban J connectivity index is 1.10. The Morgan fingerprint density at radius 2 is 0.793 bits per heavy atom. The highest BCUT2D eigenvalue weighted by molar-refractivity contribution is 6.11. The van der Waals surface area contributed by atoms with Crippen LogP contribution in [0.4, 0.5) is 17.1 Å². The first kappa shape index (κ1) is 33.6.